The van der Waals surface area contributed by atoms with Gasteiger partial charge in [0.05, 0.1) is 4.75 Å². The average molecular weight is 377 g/mol. The van der Waals surface area contributed by atoms with E-state index in [9.17, 15) is 9.00 Å². The molecule has 0 spiro atoms. The summed E-state index contributed by atoms with van der Waals surface area (Å²) < 4.78 is 21.6. The van der Waals surface area contributed by atoms with Crippen LogP contribution in [0.15, 0.2) is 34.7 Å². The highest BCUT2D eigenvalue weighted by molar-refractivity contribution is 7.85. The van der Waals surface area contributed by atoms with Gasteiger partial charge in [-0.1, -0.05) is 30.3 Å². The molecule has 0 radical (unpaired) electrons. The van der Waals surface area contributed by atoms with Gasteiger partial charge in [0.15, 0.2) is 0 Å². The lowest BCUT2D eigenvalue weighted by Crippen LogP contribution is -2.47. The number of carbonyl (C=O) groups is 1. The van der Waals surface area contributed by atoms with Crippen molar-refractivity contribution in [1.82, 2.24) is 4.90 Å². The monoisotopic (exact) mass is 376 g/mol. The first-order chi connectivity index (χ1) is 12.3. The first-order valence-electron chi connectivity index (χ1n) is 9.30. The molecule has 2 fully saturated rings. The molecule has 2 aliphatic rings. The fourth-order valence-corrected chi connectivity index (χ4v) is 4.33. The van der Waals surface area contributed by atoms with Crippen LogP contribution in [-0.4, -0.2) is 38.2 Å². The summed E-state index contributed by atoms with van der Waals surface area (Å²) in [7, 11) is -1.22. The standard InChI is InChI=1S/C20H28N2O3S/c1-20(2,3)26(24)21-13-16-11-17-9-10-18(12-16)22(17)19(23)25-14-15-7-5-4-6-8-15/h4-8,13,16-18H,9-12,14H2,1-3H3. The second-order valence-corrected chi connectivity index (χ2v) is 10.1. The summed E-state index contributed by atoms with van der Waals surface area (Å²) in [4.78, 5) is 14.5. The first-order valence-corrected chi connectivity index (χ1v) is 10.4. The van der Waals surface area contributed by atoms with Gasteiger partial charge in [0.25, 0.3) is 0 Å². The van der Waals surface area contributed by atoms with Crippen LogP contribution in [-0.2, 0) is 22.3 Å². The van der Waals surface area contributed by atoms with Crippen molar-refractivity contribution >= 4 is 23.3 Å². The molecule has 2 bridgehead atoms. The molecule has 0 aromatic heterocycles. The highest BCUT2D eigenvalue weighted by Gasteiger charge is 2.43. The molecule has 142 valence electrons. The molecule has 3 unspecified atom stereocenters. The van der Waals surface area contributed by atoms with E-state index in [0.717, 1.165) is 31.2 Å². The van der Waals surface area contributed by atoms with Crippen molar-refractivity contribution in [3.63, 3.8) is 0 Å². The number of benzene rings is 1. The molecular formula is C20H28N2O3S. The molecule has 1 aromatic carbocycles. The van der Waals surface area contributed by atoms with Crippen LogP contribution in [0.5, 0.6) is 0 Å². The molecule has 5 nitrogen and oxygen atoms in total. The molecule has 0 saturated carbocycles. The summed E-state index contributed by atoms with van der Waals surface area (Å²) in [6.45, 7) is 6.09. The molecule has 3 rings (SSSR count). The zero-order valence-electron chi connectivity index (χ0n) is 15.8. The van der Waals surface area contributed by atoms with E-state index in [1.54, 1.807) is 0 Å². The van der Waals surface area contributed by atoms with Crippen LogP contribution in [0.4, 0.5) is 4.79 Å². The summed E-state index contributed by atoms with van der Waals surface area (Å²) in [5.41, 5.74) is 1.000. The third-order valence-corrected chi connectivity index (χ3v) is 6.44. The highest BCUT2D eigenvalue weighted by atomic mass is 32.2. The Bertz CT molecular complexity index is 670. The molecule has 3 atom stereocenters. The fraction of sp³-hybridized carbons (Fsp3) is 0.600. The largest absolute Gasteiger partial charge is 0.445 e. The molecule has 1 aromatic rings. The topological polar surface area (TPSA) is 59.0 Å². The number of piperidine rings is 1. The van der Waals surface area contributed by atoms with Crippen molar-refractivity contribution in [2.45, 2.75) is 69.9 Å². The van der Waals surface area contributed by atoms with Gasteiger partial charge < -0.3 is 9.64 Å². The molecule has 2 heterocycles. The molecule has 1 amide bonds. The number of nitrogens with zero attached hydrogens (tertiary/aromatic N) is 2. The Balaban J connectivity index is 1.56. The van der Waals surface area contributed by atoms with Crippen LogP contribution < -0.4 is 0 Å². The van der Waals surface area contributed by atoms with Gasteiger partial charge in [-0.15, -0.1) is 0 Å². The van der Waals surface area contributed by atoms with E-state index in [4.69, 9.17) is 4.74 Å². The number of ether oxygens (including phenoxy) is 1. The Morgan fingerprint density at radius 1 is 1.23 bits per heavy atom. The van der Waals surface area contributed by atoms with Crippen LogP contribution in [0.1, 0.15) is 52.0 Å². The molecule has 2 saturated heterocycles. The maximum Gasteiger partial charge on any atom is 0.410 e. The lowest BCUT2D eigenvalue weighted by Gasteiger charge is -2.37. The van der Waals surface area contributed by atoms with Crippen molar-refractivity contribution in [2.75, 3.05) is 0 Å². The predicted molar refractivity (Wildman–Crippen MR) is 104 cm³/mol. The molecule has 26 heavy (non-hydrogen) atoms. The van der Waals surface area contributed by atoms with Gasteiger partial charge in [0.2, 0.25) is 0 Å². The quantitative estimate of drug-likeness (QED) is 0.744. The molecule has 2 aliphatic heterocycles. The van der Waals surface area contributed by atoms with Gasteiger partial charge in [-0.05, 0) is 57.9 Å². The molecule has 6 heteroatoms. The van der Waals surface area contributed by atoms with E-state index in [0.29, 0.717) is 6.61 Å². The lowest BCUT2D eigenvalue weighted by molar-refractivity contribution is 0.0602. The minimum Gasteiger partial charge on any atom is -0.445 e. The third-order valence-electron chi connectivity index (χ3n) is 5.08. The maximum absolute atomic E-state index is 12.6. The summed E-state index contributed by atoms with van der Waals surface area (Å²) >= 11 is 0. The van der Waals surface area contributed by atoms with Gasteiger partial charge in [-0.25, -0.2) is 9.00 Å². The smallest absolute Gasteiger partial charge is 0.410 e. The van der Waals surface area contributed by atoms with Crippen molar-refractivity contribution in [1.29, 1.82) is 0 Å². The van der Waals surface area contributed by atoms with E-state index >= 15 is 0 Å². The Hall–Kier alpha value is -1.69. The Kier molecular flexibility index (Phi) is 5.80. The summed E-state index contributed by atoms with van der Waals surface area (Å²) in [6, 6.07) is 10.2. The second-order valence-electron chi connectivity index (χ2n) is 8.18. The van der Waals surface area contributed by atoms with Crippen molar-refractivity contribution in [3.05, 3.63) is 35.9 Å². The molecular weight excluding hydrogens is 348 g/mol. The van der Waals surface area contributed by atoms with Gasteiger partial charge in [-0.3, -0.25) is 0 Å². The van der Waals surface area contributed by atoms with Crippen LogP contribution in [0, 0.1) is 5.92 Å². The first kappa shape index (κ1) is 19.1. The van der Waals surface area contributed by atoms with Crippen LogP contribution in [0.25, 0.3) is 0 Å². The van der Waals surface area contributed by atoms with Gasteiger partial charge in [0.1, 0.15) is 17.6 Å². The summed E-state index contributed by atoms with van der Waals surface area (Å²) in [6.07, 6.45) is 5.42. The van der Waals surface area contributed by atoms with Crippen LogP contribution in [0.3, 0.4) is 0 Å². The zero-order chi connectivity index (χ0) is 18.7. The number of carbonyl (C=O) groups excluding carboxylic acids is 1. The Morgan fingerprint density at radius 3 is 2.42 bits per heavy atom. The summed E-state index contributed by atoms with van der Waals surface area (Å²) in [5.74, 6) is 0.289. The van der Waals surface area contributed by atoms with Gasteiger partial charge in [-0.2, -0.15) is 4.40 Å². The van der Waals surface area contributed by atoms with Crippen LogP contribution >= 0.6 is 0 Å². The third kappa shape index (κ3) is 4.53. The average Bonchev–Trinajstić information content (AvgIpc) is 2.88. The van der Waals surface area contributed by atoms with E-state index in [2.05, 4.69) is 4.40 Å². The Morgan fingerprint density at radius 2 is 1.85 bits per heavy atom. The molecule has 0 aliphatic carbocycles. The second kappa shape index (κ2) is 7.91. The van der Waals surface area contributed by atoms with Gasteiger partial charge in [0, 0.05) is 18.3 Å². The normalized spacial score (nSPS) is 26.9. The predicted octanol–water partition coefficient (Wildman–Crippen LogP) is 4.10. The fourth-order valence-electron chi connectivity index (χ4n) is 3.73. The number of hydrogen-bond acceptors (Lipinski definition) is 3. The number of amides is 1. The maximum atomic E-state index is 12.6. The van der Waals surface area contributed by atoms with E-state index in [1.807, 2.05) is 62.2 Å². The van der Waals surface area contributed by atoms with Crippen molar-refractivity contribution in [3.8, 4) is 0 Å². The van der Waals surface area contributed by atoms with E-state index < -0.39 is 11.0 Å². The van der Waals surface area contributed by atoms with Gasteiger partial charge >= 0.3 is 6.09 Å². The minimum atomic E-state index is -1.22. The zero-order valence-corrected chi connectivity index (χ0v) is 16.6. The number of fused-ring (bicyclic) bond motifs is 2. The minimum absolute atomic E-state index is 0.205. The Labute approximate surface area is 158 Å². The summed E-state index contributed by atoms with van der Waals surface area (Å²) in [5, 5.41) is 0. The van der Waals surface area contributed by atoms with Crippen molar-refractivity contribution < 1.29 is 13.7 Å². The van der Waals surface area contributed by atoms with Crippen LogP contribution in [0.2, 0.25) is 0 Å². The molecule has 0 N–H and O–H groups in total. The van der Waals surface area contributed by atoms with E-state index in [1.165, 1.54) is 0 Å². The highest BCUT2D eigenvalue weighted by Crippen LogP contribution is 2.38. The lowest BCUT2D eigenvalue weighted by atomic mass is 9.92. The van der Waals surface area contributed by atoms with E-state index in [-0.39, 0.29) is 28.8 Å². The van der Waals surface area contributed by atoms with Crippen molar-refractivity contribution in [2.24, 2.45) is 10.3 Å². The SMILES string of the molecule is CC(C)(C)S(=O)N=CC1CC2CCC(C1)N2C(=O)OCc1ccccc1. The number of rotatable bonds is 4. The number of hydrogen-bond donors (Lipinski definition) is 0.